The molecule has 0 spiro atoms. The van der Waals surface area contributed by atoms with Crippen LogP contribution in [0.5, 0.6) is 0 Å². The quantitative estimate of drug-likeness (QED) is 0.857. The first-order valence-corrected chi connectivity index (χ1v) is 8.19. The van der Waals surface area contributed by atoms with Gasteiger partial charge in [-0.05, 0) is 49.4 Å². The summed E-state index contributed by atoms with van der Waals surface area (Å²) in [6.07, 6.45) is 5.25. The van der Waals surface area contributed by atoms with Gasteiger partial charge in [-0.15, -0.1) is 0 Å². The lowest BCUT2D eigenvalue weighted by Gasteiger charge is -2.26. The second-order valence-electron chi connectivity index (χ2n) is 5.82. The van der Waals surface area contributed by atoms with Crippen LogP contribution in [0.25, 0.3) is 0 Å². The van der Waals surface area contributed by atoms with Gasteiger partial charge in [0.1, 0.15) is 0 Å². The molecule has 1 aliphatic carbocycles. The molecule has 4 heteroatoms. The summed E-state index contributed by atoms with van der Waals surface area (Å²) in [6.45, 7) is 3.67. The Morgan fingerprint density at radius 3 is 2.75 bits per heavy atom. The summed E-state index contributed by atoms with van der Waals surface area (Å²) in [4.78, 5) is 11.8. The van der Waals surface area contributed by atoms with Crippen LogP contribution in [0.15, 0.2) is 28.7 Å². The van der Waals surface area contributed by atoms with Gasteiger partial charge in [0.2, 0.25) is 5.91 Å². The molecule has 0 heterocycles. The molecule has 1 aliphatic rings. The lowest BCUT2D eigenvalue weighted by molar-refractivity contribution is -0.115. The number of rotatable bonds is 5. The molecule has 0 atom stereocenters. The van der Waals surface area contributed by atoms with Crippen molar-refractivity contribution in [3.05, 3.63) is 28.7 Å². The Kier molecular flexibility index (Phi) is 6.05. The summed E-state index contributed by atoms with van der Waals surface area (Å²) >= 11 is 3.39. The van der Waals surface area contributed by atoms with Crippen molar-refractivity contribution in [3.63, 3.8) is 0 Å². The van der Waals surface area contributed by atoms with E-state index in [0.717, 1.165) is 28.5 Å². The van der Waals surface area contributed by atoms with Crippen LogP contribution in [0.3, 0.4) is 0 Å². The molecule has 110 valence electrons. The highest BCUT2D eigenvalue weighted by molar-refractivity contribution is 9.10. The van der Waals surface area contributed by atoms with E-state index in [1.165, 1.54) is 25.7 Å². The fourth-order valence-electron chi connectivity index (χ4n) is 2.69. The minimum Gasteiger partial charge on any atom is -0.325 e. The Balaban J connectivity index is 1.65. The molecule has 2 rings (SSSR count). The van der Waals surface area contributed by atoms with Crippen LogP contribution in [-0.4, -0.2) is 19.0 Å². The Morgan fingerprint density at radius 1 is 1.30 bits per heavy atom. The van der Waals surface area contributed by atoms with Crippen LogP contribution in [0.4, 0.5) is 5.69 Å². The van der Waals surface area contributed by atoms with Crippen molar-refractivity contribution in [2.45, 2.75) is 32.6 Å². The zero-order valence-electron chi connectivity index (χ0n) is 12.0. The van der Waals surface area contributed by atoms with Gasteiger partial charge in [0.25, 0.3) is 0 Å². The maximum Gasteiger partial charge on any atom is 0.238 e. The number of amides is 1. The Morgan fingerprint density at radius 2 is 2.05 bits per heavy atom. The third kappa shape index (κ3) is 5.25. The fourth-order valence-corrected chi connectivity index (χ4v) is 3.09. The maximum atomic E-state index is 11.8. The van der Waals surface area contributed by atoms with E-state index < -0.39 is 0 Å². The van der Waals surface area contributed by atoms with Crippen molar-refractivity contribution >= 4 is 27.5 Å². The maximum absolute atomic E-state index is 11.8. The van der Waals surface area contributed by atoms with Crippen molar-refractivity contribution in [1.82, 2.24) is 5.32 Å². The normalized spacial score (nSPS) is 22.5. The van der Waals surface area contributed by atoms with Gasteiger partial charge in [-0.25, -0.2) is 0 Å². The molecule has 0 bridgehead atoms. The molecular weight excluding hydrogens is 316 g/mol. The van der Waals surface area contributed by atoms with E-state index in [1.807, 2.05) is 24.3 Å². The number of carbonyl (C=O) groups excluding carboxylic acids is 1. The lowest BCUT2D eigenvalue weighted by Crippen LogP contribution is -2.33. The van der Waals surface area contributed by atoms with Crippen LogP contribution in [0, 0.1) is 11.8 Å². The molecule has 0 aliphatic heterocycles. The zero-order chi connectivity index (χ0) is 14.4. The summed E-state index contributed by atoms with van der Waals surface area (Å²) in [6, 6.07) is 7.65. The number of carbonyl (C=O) groups is 1. The number of nitrogens with one attached hydrogen (secondary N) is 2. The predicted molar refractivity (Wildman–Crippen MR) is 86.8 cm³/mol. The molecule has 20 heavy (non-hydrogen) atoms. The summed E-state index contributed by atoms with van der Waals surface area (Å²) in [7, 11) is 0. The summed E-state index contributed by atoms with van der Waals surface area (Å²) in [5.41, 5.74) is 0.831. The SMILES string of the molecule is CC1CCC(CNCC(=O)Nc2cccc(Br)c2)CC1. The average molecular weight is 339 g/mol. The van der Waals surface area contributed by atoms with Gasteiger partial charge in [0.15, 0.2) is 0 Å². The molecule has 2 N–H and O–H groups in total. The first-order valence-electron chi connectivity index (χ1n) is 7.39. The molecule has 0 unspecified atom stereocenters. The van der Waals surface area contributed by atoms with Crippen LogP contribution in [-0.2, 0) is 4.79 Å². The van der Waals surface area contributed by atoms with E-state index >= 15 is 0 Å². The molecular formula is C16H23BrN2O. The van der Waals surface area contributed by atoms with Gasteiger partial charge in [-0.2, -0.15) is 0 Å². The van der Waals surface area contributed by atoms with E-state index in [-0.39, 0.29) is 5.91 Å². The third-order valence-electron chi connectivity index (χ3n) is 3.96. The Hall–Kier alpha value is -0.870. The van der Waals surface area contributed by atoms with Crippen molar-refractivity contribution in [2.75, 3.05) is 18.4 Å². The number of hydrogen-bond acceptors (Lipinski definition) is 2. The Bertz CT molecular complexity index is 442. The molecule has 0 radical (unpaired) electrons. The lowest BCUT2D eigenvalue weighted by atomic mass is 9.83. The van der Waals surface area contributed by atoms with Gasteiger partial charge in [-0.1, -0.05) is 41.8 Å². The summed E-state index contributed by atoms with van der Waals surface area (Å²) in [5, 5.41) is 6.18. The number of anilines is 1. The highest BCUT2D eigenvalue weighted by Gasteiger charge is 2.17. The van der Waals surface area contributed by atoms with Gasteiger partial charge < -0.3 is 10.6 Å². The third-order valence-corrected chi connectivity index (χ3v) is 4.46. The van der Waals surface area contributed by atoms with Crippen molar-refractivity contribution in [3.8, 4) is 0 Å². The largest absolute Gasteiger partial charge is 0.325 e. The first kappa shape index (κ1) is 15.5. The predicted octanol–water partition coefficient (Wildman–Crippen LogP) is 3.80. The van der Waals surface area contributed by atoms with Crippen LogP contribution < -0.4 is 10.6 Å². The molecule has 1 aromatic carbocycles. The van der Waals surface area contributed by atoms with E-state index in [2.05, 4.69) is 33.5 Å². The zero-order valence-corrected chi connectivity index (χ0v) is 13.6. The number of halogens is 1. The second kappa shape index (κ2) is 7.79. The minimum absolute atomic E-state index is 0.0206. The van der Waals surface area contributed by atoms with Crippen LogP contribution >= 0.6 is 15.9 Å². The second-order valence-corrected chi connectivity index (χ2v) is 6.73. The highest BCUT2D eigenvalue weighted by Crippen LogP contribution is 2.27. The molecule has 3 nitrogen and oxygen atoms in total. The van der Waals surface area contributed by atoms with Gasteiger partial charge in [-0.3, -0.25) is 4.79 Å². The van der Waals surface area contributed by atoms with E-state index in [0.29, 0.717) is 6.54 Å². The van der Waals surface area contributed by atoms with Crippen molar-refractivity contribution in [1.29, 1.82) is 0 Å². The van der Waals surface area contributed by atoms with E-state index in [9.17, 15) is 4.79 Å². The smallest absolute Gasteiger partial charge is 0.238 e. The molecule has 1 saturated carbocycles. The van der Waals surface area contributed by atoms with Gasteiger partial charge in [0, 0.05) is 10.2 Å². The summed E-state index contributed by atoms with van der Waals surface area (Å²) in [5.74, 6) is 1.64. The standard InChI is InChI=1S/C16H23BrN2O/c1-12-5-7-13(8-6-12)10-18-11-16(20)19-15-4-2-3-14(17)9-15/h2-4,9,12-13,18H,5-8,10-11H2,1H3,(H,19,20). The van der Waals surface area contributed by atoms with Crippen LogP contribution in [0.1, 0.15) is 32.6 Å². The molecule has 1 amide bonds. The monoisotopic (exact) mass is 338 g/mol. The average Bonchev–Trinajstić information content (AvgIpc) is 2.41. The number of benzene rings is 1. The molecule has 1 aromatic rings. The number of hydrogen-bond donors (Lipinski definition) is 2. The van der Waals surface area contributed by atoms with Gasteiger partial charge in [0.05, 0.1) is 6.54 Å². The fraction of sp³-hybridized carbons (Fsp3) is 0.562. The minimum atomic E-state index is 0.0206. The highest BCUT2D eigenvalue weighted by atomic mass is 79.9. The van der Waals surface area contributed by atoms with E-state index in [4.69, 9.17) is 0 Å². The molecule has 1 fully saturated rings. The molecule has 0 saturated heterocycles. The Labute approximate surface area is 129 Å². The van der Waals surface area contributed by atoms with Crippen molar-refractivity contribution in [2.24, 2.45) is 11.8 Å². The summed E-state index contributed by atoms with van der Waals surface area (Å²) < 4.78 is 0.972. The van der Waals surface area contributed by atoms with E-state index in [1.54, 1.807) is 0 Å². The first-order chi connectivity index (χ1) is 9.63. The molecule has 0 aromatic heterocycles. The van der Waals surface area contributed by atoms with Gasteiger partial charge >= 0.3 is 0 Å². The topological polar surface area (TPSA) is 41.1 Å². The van der Waals surface area contributed by atoms with Crippen LogP contribution in [0.2, 0.25) is 0 Å². The van der Waals surface area contributed by atoms with Crippen molar-refractivity contribution < 1.29 is 4.79 Å².